The number of likely N-dealkylation sites (tertiary alicyclic amines) is 1. The van der Waals surface area contributed by atoms with E-state index in [0.29, 0.717) is 23.2 Å². The van der Waals surface area contributed by atoms with E-state index in [2.05, 4.69) is 10.1 Å². The number of carbonyl (C=O) groups is 1. The molecule has 0 saturated carbocycles. The molecule has 27 heavy (non-hydrogen) atoms. The lowest BCUT2D eigenvalue weighted by Crippen LogP contribution is -2.31. The summed E-state index contributed by atoms with van der Waals surface area (Å²) in [5, 5.41) is 4.07. The summed E-state index contributed by atoms with van der Waals surface area (Å²) in [6.45, 7) is 2.16. The zero-order valence-corrected chi connectivity index (χ0v) is 14.6. The summed E-state index contributed by atoms with van der Waals surface area (Å²) in [6.07, 6.45) is 4.01. The molecule has 5 rings (SSSR count). The molecule has 8 heteroatoms. The van der Waals surface area contributed by atoms with E-state index in [-0.39, 0.29) is 19.2 Å². The number of ether oxygens (including phenoxy) is 2. The molecule has 0 aliphatic carbocycles. The zero-order valence-electron chi connectivity index (χ0n) is 14.6. The monoisotopic (exact) mass is 366 g/mol. The van der Waals surface area contributed by atoms with Crippen molar-refractivity contribution in [2.75, 3.05) is 19.9 Å². The van der Waals surface area contributed by atoms with Crippen LogP contribution in [0.15, 0.2) is 41.1 Å². The van der Waals surface area contributed by atoms with Crippen molar-refractivity contribution in [1.82, 2.24) is 19.6 Å². The van der Waals surface area contributed by atoms with Gasteiger partial charge in [-0.3, -0.25) is 4.79 Å². The lowest BCUT2D eigenvalue weighted by Gasteiger charge is -2.16. The second-order valence-corrected chi connectivity index (χ2v) is 6.60. The standard InChI is InChI=1S/C19H18N4O4/c24-17(22-7-1-2-8-22)11-23-9-3-4-14(23)19-20-18(21-27-19)13-5-6-15-16(10-13)26-12-25-15/h3-6,9-10H,1-2,7-8,11-12H2. The quantitative estimate of drug-likeness (QED) is 0.706. The SMILES string of the molecule is O=C(Cn1cccc1-c1nc(-c2ccc3c(c2)OCO3)no1)N1CCCC1. The molecule has 8 nitrogen and oxygen atoms in total. The van der Waals surface area contributed by atoms with E-state index in [1.54, 1.807) is 0 Å². The van der Waals surface area contributed by atoms with Crippen molar-refractivity contribution in [1.29, 1.82) is 0 Å². The molecule has 138 valence electrons. The van der Waals surface area contributed by atoms with Gasteiger partial charge in [0.25, 0.3) is 5.89 Å². The maximum atomic E-state index is 12.4. The Bertz CT molecular complexity index is 987. The Hall–Kier alpha value is -3.29. The second-order valence-electron chi connectivity index (χ2n) is 6.60. The summed E-state index contributed by atoms with van der Waals surface area (Å²) in [4.78, 5) is 18.8. The number of nitrogens with zero attached hydrogens (tertiary/aromatic N) is 4. The Labute approximate surface area is 155 Å². The van der Waals surface area contributed by atoms with Gasteiger partial charge in [-0.1, -0.05) is 5.16 Å². The van der Waals surface area contributed by atoms with Crippen LogP contribution < -0.4 is 9.47 Å². The van der Waals surface area contributed by atoms with Gasteiger partial charge in [0.15, 0.2) is 11.5 Å². The Morgan fingerprint density at radius 2 is 1.96 bits per heavy atom. The van der Waals surface area contributed by atoms with Gasteiger partial charge in [-0.05, 0) is 43.2 Å². The van der Waals surface area contributed by atoms with E-state index in [1.165, 1.54) is 0 Å². The molecule has 0 radical (unpaired) electrons. The Morgan fingerprint density at radius 3 is 2.85 bits per heavy atom. The molecule has 0 bridgehead atoms. The predicted molar refractivity (Wildman–Crippen MR) is 95.1 cm³/mol. The molecular weight excluding hydrogens is 348 g/mol. The van der Waals surface area contributed by atoms with E-state index < -0.39 is 0 Å². The third kappa shape index (κ3) is 2.92. The summed E-state index contributed by atoms with van der Waals surface area (Å²) < 4.78 is 18.0. The number of carbonyl (C=O) groups excluding carboxylic acids is 1. The Kier molecular flexibility index (Phi) is 3.81. The average molecular weight is 366 g/mol. The zero-order chi connectivity index (χ0) is 18.2. The molecule has 4 heterocycles. The van der Waals surface area contributed by atoms with Gasteiger partial charge in [-0.15, -0.1) is 0 Å². The molecule has 2 aliphatic heterocycles. The molecule has 1 saturated heterocycles. The Balaban J connectivity index is 1.39. The largest absolute Gasteiger partial charge is 0.454 e. The highest BCUT2D eigenvalue weighted by Gasteiger charge is 2.21. The van der Waals surface area contributed by atoms with E-state index >= 15 is 0 Å². The average Bonchev–Trinajstić information content (AvgIpc) is 3.47. The molecule has 1 aromatic carbocycles. The fraction of sp³-hybridized carbons (Fsp3) is 0.316. The van der Waals surface area contributed by atoms with E-state index in [9.17, 15) is 4.79 Å². The maximum absolute atomic E-state index is 12.4. The normalized spacial score (nSPS) is 15.5. The van der Waals surface area contributed by atoms with Crippen molar-refractivity contribution in [3.63, 3.8) is 0 Å². The van der Waals surface area contributed by atoms with Crippen molar-refractivity contribution in [2.45, 2.75) is 19.4 Å². The topological polar surface area (TPSA) is 82.6 Å². The smallest absolute Gasteiger partial charge is 0.274 e. The first kappa shape index (κ1) is 15.9. The summed E-state index contributed by atoms with van der Waals surface area (Å²) in [6, 6.07) is 9.25. The van der Waals surface area contributed by atoms with Crippen LogP contribution in [0.4, 0.5) is 0 Å². The van der Waals surface area contributed by atoms with Gasteiger partial charge in [-0.25, -0.2) is 0 Å². The van der Waals surface area contributed by atoms with Gasteiger partial charge >= 0.3 is 0 Å². The van der Waals surface area contributed by atoms with Crippen molar-refractivity contribution >= 4 is 5.91 Å². The molecular formula is C19H18N4O4. The summed E-state index contributed by atoms with van der Waals surface area (Å²) >= 11 is 0. The lowest BCUT2D eigenvalue weighted by molar-refractivity contribution is -0.130. The van der Waals surface area contributed by atoms with Crippen LogP contribution in [0, 0.1) is 0 Å². The second kappa shape index (κ2) is 6.46. The predicted octanol–water partition coefficient (Wildman–Crippen LogP) is 2.56. The van der Waals surface area contributed by atoms with E-state index in [1.807, 2.05) is 46.0 Å². The molecule has 0 spiro atoms. The molecule has 2 aliphatic rings. The van der Waals surface area contributed by atoms with E-state index in [0.717, 1.165) is 37.2 Å². The number of aromatic nitrogens is 3. The summed E-state index contributed by atoms with van der Waals surface area (Å²) in [5.74, 6) is 2.32. The fourth-order valence-electron chi connectivity index (χ4n) is 3.44. The van der Waals surface area contributed by atoms with Crippen LogP contribution in [0.2, 0.25) is 0 Å². The Morgan fingerprint density at radius 1 is 1.11 bits per heavy atom. The molecule has 1 fully saturated rings. The molecule has 0 atom stereocenters. The van der Waals surface area contributed by atoms with Crippen LogP contribution in [0.25, 0.3) is 23.0 Å². The number of rotatable bonds is 4. The minimum atomic E-state index is 0.112. The van der Waals surface area contributed by atoms with Crippen molar-refractivity contribution < 1.29 is 18.8 Å². The van der Waals surface area contributed by atoms with Gasteiger partial charge in [-0.2, -0.15) is 4.98 Å². The van der Waals surface area contributed by atoms with Gasteiger partial charge < -0.3 is 23.5 Å². The number of benzene rings is 1. The molecule has 0 N–H and O–H groups in total. The molecule has 0 unspecified atom stereocenters. The minimum absolute atomic E-state index is 0.112. The molecule has 1 amide bonds. The summed E-state index contributed by atoms with van der Waals surface area (Å²) in [7, 11) is 0. The number of amides is 1. The van der Waals surface area contributed by atoms with Crippen LogP contribution in [0.1, 0.15) is 12.8 Å². The maximum Gasteiger partial charge on any atom is 0.274 e. The third-order valence-electron chi connectivity index (χ3n) is 4.87. The van der Waals surface area contributed by atoms with Gasteiger partial charge in [0.05, 0.1) is 0 Å². The van der Waals surface area contributed by atoms with Crippen molar-refractivity contribution in [2.24, 2.45) is 0 Å². The lowest BCUT2D eigenvalue weighted by atomic mass is 10.2. The highest BCUT2D eigenvalue weighted by atomic mass is 16.7. The number of hydrogen-bond donors (Lipinski definition) is 0. The van der Waals surface area contributed by atoms with Gasteiger partial charge in [0, 0.05) is 24.8 Å². The highest BCUT2D eigenvalue weighted by Crippen LogP contribution is 2.35. The van der Waals surface area contributed by atoms with Crippen molar-refractivity contribution in [3.8, 4) is 34.5 Å². The number of fused-ring (bicyclic) bond motifs is 1. The van der Waals surface area contributed by atoms with Crippen molar-refractivity contribution in [3.05, 3.63) is 36.5 Å². The first-order valence-corrected chi connectivity index (χ1v) is 8.95. The van der Waals surface area contributed by atoms with Gasteiger partial charge in [0.1, 0.15) is 12.2 Å². The van der Waals surface area contributed by atoms with Crippen LogP contribution in [-0.4, -0.2) is 45.4 Å². The fourth-order valence-corrected chi connectivity index (χ4v) is 3.44. The van der Waals surface area contributed by atoms with Crippen LogP contribution in [0.5, 0.6) is 11.5 Å². The van der Waals surface area contributed by atoms with E-state index in [4.69, 9.17) is 14.0 Å². The number of hydrogen-bond acceptors (Lipinski definition) is 6. The first-order chi connectivity index (χ1) is 13.3. The first-order valence-electron chi connectivity index (χ1n) is 8.95. The molecule has 3 aromatic rings. The van der Waals surface area contributed by atoms with Gasteiger partial charge in [0.2, 0.25) is 18.5 Å². The van der Waals surface area contributed by atoms with Crippen LogP contribution in [-0.2, 0) is 11.3 Å². The van der Waals surface area contributed by atoms with Crippen LogP contribution in [0.3, 0.4) is 0 Å². The molecule has 2 aromatic heterocycles. The van der Waals surface area contributed by atoms with Crippen LogP contribution >= 0.6 is 0 Å². The minimum Gasteiger partial charge on any atom is -0.454 e. The third-order valence-corrected chi connectivity index (χ3v) is 4.87. The highest BCUT2D eigenvalue weighted by molar-refractivity contribution is 5.77. The summed E-state index contributed by atoms with van der Waals surface area (Å²) in [5.41, 5.74) is 1.50.